The number of carbonyl (C=O) groups excluding carboxylic acids is 2. The molecule has 6 nitrogen and oxygen atoms in total. The SMILES string of the molecule is COc1cc(/C=C2\N=C(c3ccc4ccccc4c3)OC2=O)cc(Cl)c1OC(=O)c1ccccc1Cl. The Morgan fingerprint density at radius 1 is 0.917 bits per heavy atom. The maximum absolute atomic E-state index is 12.6. The molecule has 0 unspecified atom stereocenters. The lowest BCUT2D eigenvalue weighted by Crippen LogP contribution is -2.10. The highest BCUT2D eigenvalue weighted by molar-refractivity contribution is 6.34. The molecule has 1 heterocycles. The zero-order valence-electron chi connectivity index (χ0n) is 18.8. The fourth-order valence-corrected chi connectivity index (χ4v) is 4.18. The molecule has 0 bridgehead atoms. The Morgan fingerprint density at radius 2 is 1.67 bits per heavy atom. The summed E-state index contributed by atoms with van der Waals surface area (Å²) in [6, 6.07) is 23.2. The zero-order valence-corrected chi connectivity index (χ0v) is 20.3. The standard InChI is InChI=1S/C28H17Cl2NO5/c1-34-24-14-16(12-22(30)25(24)35-27(32)20-8-4-5-9-21(20)29)13-23-28(33)36-26(31-23)19-11-10-17-6-2-3-7-18(17)15-19/h2-15H,1H3/b23-13-. The van der Waals surface area contributed by atoms with Crippen LogP contribution in [0.1, 0.15) is 21.5 Å². The van der Waals surface area contributed by atoms with Crippen molar-refractivity contribution in [2.24, 2.45) is 4.99 Å². The van der Waals surface area contributed by atoms with E-state index >= 15 is 0 Å². The first kappa shape index (κ1) is 23.6. The van der Waals surface area contributed by atoms with E-state index in [0.717, 1.165) is 10.8 Å². The number of aliphatic imine (C=N–C) groups is 1. The highest BCUT2D eigenvalue weighted by Gasteiger charge is 2.25. The molecule has 8 heteroatoms. The van der Waals surface area contributed by atoms with Gasteiger partial charge in [-0.15, -0.1) is 0 Å². The molecular formula is C28H17Cl2NO5. The quantitative estimate of drug-likeness (QED) is 0.167. The third kappa shape index (κ3) is 4.69. The summed E-state index contributed by atoms with van der Waals surface area (Å²) in [4.78, 5) is 29.5. The van der Waals surface area contributed by atoms with Gasteiger partial charge in [0.25, 0.3) is 0 Å². The van der Waals surface area contributed by atoms with Crippen molar-refractivity contribution in [3.8, 4) is 11.5 Å². The highest BCUT2D eigenvalue weighted by Crippen LogP contribution is 2.38. The van der Waals surface area contributed by atoms with Crippen LogP contribution in [-0.2, 0) is 9.53 Å². The number of esters is 2. The van der Waals surface area contributed by atoms with Crippen LogP contribution in [0.2, 0.25) is 10.0 Å². The molecule has 4 aromatic rings. The average molecular weight is 518 g/mol. The van der Waals surface area contributed by atoms with Gasteiger partial charge in [0.2, 0.25) is 5.90 Å². The van der Waals surface area contributed by atoms with Gasteiger partial charge in [-0.25, -0.2) is 14.6 Å². The summed E-state index contributed by atoms with van der Waals surface area (Å²) >= 11 is 12.5. The van der Waals surface area contributed by atoms with Crippen LogP contribution >= 0.6 is 23.2 Å². The van der Waals surface area contributed by atoms with Gasteiger partial charge in [-0.05, 0) is 58.8 Å². The van der Waals surface area contributed by atoms with E-state index in [2.05, 4.69) is 4.99 Å². The average Bonchev–Trinajstić information content (AvgIpc) is 3.25. The van der Waals surface area contributed by atoms with Crippen molar-refractivity contribution in [2.45, 2.75) is 0 Å². The molecule has 0 aromatic heterocycles. The lowest BCUT2D eigenvalue weighted by molar-refractivity contribution is -0.129. The maximum atomic E-state index is 12.6. The van der Waals surface area contributed by atoms with Gasteiger partial charge >= 0.3 is 11.9 Å². The van der Waals surface area contributed by atoms with Gasteiger partial charge in [-0.1, -0.05) is 65.7 Å². The lowest BCUT2D eigenvalue weighted by Gasteiger charge is -2.12. The minimum atomic E-state index is -0.684. The maximum Gasteiger partial charge on any atom is 0.363 e. The monoisotopic (exact) mass is 517 g/mol. The number of halogens is 2. The summed E-state index contributed by atoms with van der Waals surface area (Å²) in [6.45, 7) is 0. The van der Waals surface area contributed by atoms with Crippen LogP contribution in [0, 0.1) is 0 Å². The third-order valence-electron chi connectivity index (χ3n) is 5.46. The van der Waals surface area contributed by atoms with Crippen LogP contribution in [-0.4, -0.2) is 24.9 Å². The van der Waals surface area contributed by atoms with E-state index in [1.54, 1.807) is 30.3 Å². The first-order valence-corrected chi connectivity index (χ1v) is 11.5. The van der Waals surface area contributed by atoms with E-state index in [1.165, 1.54) is 19.3 Å². The molecule has 36 heavy (non-hydrogen) atoms. The summed E-state index contributed by atoms with van der Waals surface area (Å²) in [5.74, 6) is -0.848. The van der Waals surface area contributed by atoms with E-state index in [0.29, 0.717) is 11.1 Å². The van der Waals surface area contributed by atoms with Crippen LogP contribution in [0.15, 0.2) is 89.6 Å². The summed E-state index contributed by atoms with van der Waals surface area (Å²) in [5, 5.41) is 2.43. The second-order valence-corrected chi connectivity index (χ2v) is 8.62. The van der Waals surface area contributed by atoms with Crippen molar-refractivity contribution >= 4 is 57.9 Å². The number of ether oxygens (including phenoxy) is 3. The first-order valence-electron chi connectivity index (χ1n) is 10.8. The fourth-order valence-electron chi connectivity index (χ4n) is 3.71. The van der Waals surface area contributed by atoms with Gasteiger partial charge in [-0.3, -0.25) is 0 Å². The molecule has 1 aliphatic heterocycles. The Balaban J connectivity index is 1.44. The van der Waals surface area contributed by atoms with Crippen LogP contribution in [0.25, 0.3) is 16.8 Å². The molecule has 0 fully saturated rings. The van der Waals surface area contributed by atoms with Crippen LogP contribution in [0.5, 0.6) is 11.5 Å². The van der Waals surface area contributed by atoms with E-state index in [-0.39, 0.29) is 38.7 Å². The van der Waals surface area contributed by atoms with Gasteiger partial charge in [0.15, 0.2) is 17.2 Å². The van der Waals surface area contributed by atoms with Gasteiger partial charge in [0.1, 0.15) is 0 Å². The largest absolute Gasteiger partial charge is 0.493 e. The minimum absolute atomic E-state index is 0.0283. The Bertz CT molecular complexity index is 1590. The number of fused-ring (bicyclic) bond motifs is 1. The molecular weight excluding hydrogens is 501 g/mol. The van der Waals surface area contributed by atoms with E-state index in [4.69, 9.17) is 37.4 Å². The van der Waals surface area contributed by atoms with Gasteiger partial charge in [0.05, 0.1) is 22.7 Å². The summed E-state index contributed by atoms with van der Waals surface area (Å²) in [6.07, 6.45) is 1.52. The normalized spacial score (nSPS) is 14.0. The Kier molecular flexibility index (Phi) is 6.46. The van der Waals surface area contributed by atoms with Crippen LogP contribution in [0.3, 0.4) is 0 Å². The topological polar surface area (TPSA) is 74.2 Å². The van der Waals surface area contributed by atoms with Crippen molar-refractivity contribution in [1.29, 1.82) is 0 Å². The molecule has 0 saturated carbocycles. The molecule has 0 amide bonds. The molecule has 0 aliphatic carbocycles. The molecule has 0 N–H and O–H groups in total. The van der Waals surface area contributed by atoms with E-state index in [1.807, 2.05) is 42.5 Å². The number of rotatable bonds is 5. The molecule has 4 aromatic carbocycles. The van der Waals surface area contributed by atoms with Crippen molar-refractivity contribution in [1.82, 2.24) is 0 Å². The molecule has 5 rings (SSSR count). The molecule has 1 aliphatic rings. The molecule has 0 atom stereocenters. The smallest absolute Gasteiger partial charge is 0.363 e. The molecule has 0 saturated heterocycles. The number of methoxy groups -OCH3 is 1. The van der Waals surface area contributed by atoms with Gasteiger partial charge in [0, 0.05) is 5.56 Å². The van der Waals surface area contributed by atoms with Crippen molar-refractivity contribution in [3.05, 3.63) is 111 Å². The lowest BCUT2D eigenvalue weighted by atomic mass is 10.1. The number of nitrogens with zero attached hydrogens (tertiary/aromatic N) is 1. The summed E-state index contributed by atoms with van der Waals surface area (Å²) in [7, 11) is 1.41. The van der Waals surface area contributed by atoms with Crippen LogP contribution < -0.4 is 9.47 Å². The fraction of sp³-hybridized carbons (Fsp3) is 0.0357. The Morgan fingerprint density at radius 3 is 2.44 bits per heavy atom. The zero-order chi connectivity index (χ0) is 25.2. The van der Waals surface area contributed by atoms with E-state index < -0.39 is 11.9 Å². The Hall–Kier alpha value is -4.13. The van der Waals surface area contributed by atoms with Gasteiger partial charge < -0.3 is 14.2 Å². The molecule has 0 radical (unpaired) electrons. The van der Waals surface area contributed by atoms with Crippen molar-refractivity contribution in [2.75, 3.05) is 7.11 Å². The predicted molar refractivity (Wildman–Crippen MR) is 139 cm³/mol. The number of benzene rings is 4. The van der Waals surface area contributed by atoms with E-state index in [9.17, 15) is 9.59 Å². The first-order chi connectivity index (χ1) is 17.4. The van der Waals surface area contributed by atoms with Gasteiger partial charge in [-0.2, -0.15) is 0 Å². The predicted octanol–water partition coefficient (Wildman–Crippen LogP) is 6.72. The summed E-state index contributed by atoms with van der Waals surface area (Å²) in [5.41, 5.74) is 1.47. The number of hydrogen-bond acceptors (Lipinski definition) is 6. The van der Waals surface area contributed by atoms with Crippen molar-refractivity contribution < 1.29 is 23.8 Å². The second kappa shape index (κ2) is 9.85. The Labute approximate surface area is 216 Å². The second-order valence-electron chi connectivity index (χ2n) is 7.80. The number of cyclic esters (lactones) is 1. The summed E-state index contributed by atoms with van der Waals surface area (Å²) < 4.78 is 16.3. The number of hydrogen-bond donors (Lipinski definition) is 0. The number of carbonyl (C=O) groups is 2. The highest BCUT2D eigenvalue weighted by atomic mass is 35.5. The van der Waals surface area contributed by atoms with Crippen LogP contribution in [0.4, 0.5) is 0 Å². The molecule has 178 valence electrons. The third-order valence-corrected chi connectivity index (χ3v) is 6.07. The molecule has 0 spiro atoms. The van der Waals surface area contributed by atoms with Crippen molar-refractivity contribution in [3.63, 3.8) is 0 Å². The minimum Gasteiger partial charge on any atom is -0.493 e.